The Morgan fingerprint density at radius 2 is 1.80 bits per heavy atom. The highest BCUT2D eigenvalue weighted by molar-refractivity contribution is 9.10. The third-order valence-corrected chi connectivity index (χ3v) is 4.92. The number of benzene rings is 1. The number of carbonyl (C=O) groups excluding carboxylic acids is 2. The molecule has 1 fully saturated rings. The molecule has 0 aromatic heterocycles. The molecule has 20 heavy (non-hydrogen) atoms. The summed E-state index contributed by atoms with van der Waals surface area (Å²) in [6.45, 7) is 0.359. The molecule has 0 radical (unpaired) electrons. The second-order valence-electron chi connectivity index (χ2n) is 5.75. The molecule has 2 amide bonds. The highest BCUT2D eigenvalue weighted by Crippen LogP contribution is 2.40. The van der Waals surface area contributed by atoms with Crippen LogP contribution in [-0.4, -0.2) is 35.0 Å². The molecule has 1 aliphatic carbocycles. The van der Waals surface area contributed by atoms with Gasteiger partial charge in [-0.3, -0.25) is 14.5 Å². The minimum Gasteiger partial charge on any atom is -0.396 e. The molecular weight excluding hydrogens is 322 g/mol. The first-order chi connectivity index (χ1) is 9.56. The predicted molar refractivity (Wildman–Crippen MR) is 77.5 cm³/mol. The maximum absolute atomic E-state index is 12.4. The van der Waals surface area contributed by atoms with Crippen molar-refractivity contribution in [3.63, 3.8) is 0 Å². The van der Waals surface area contributed by atoms with E-state index in [4.69, 9.17) is 0 Å². The summed E-state index contributed by atoms with van der Waals surface area (Å²) >= 11 is 3.32. The van der Waals surface area contributed by atoms with Gasteiger partial charge in [0.2, 0.25) is 0 Å². The van der Waals surface area contributed by atoms with Crippen molar-refractivity contribution in [1.29, 1.82) is 0 Å². The van der Waals surface area contributed by atoms with Gasteiger partial charge in [0.05, 0.1) is 17.7 Å². The number of halogens is 1. The quantitative estimate of drug-likeness (QED) is 0.862. The van der Waals surface area contributed by atoms with Crippen LogP contribution in [0.25, 0.3) is 0 Å². The fraction of sp³-hybridized carbons (Fsp3) is 0.467. The molecule has 1 N–H and O–H groups in total. The van der Waals surface area contributed by atoms with Crippen molar-refractivity contribution in [2.75, 3.05) is 13.2 Å². The summed E-state index contributed by atoms with van der Waals surface area (Å²) in [4.78, 5) is 26.1. The number of amides is 2. The van der Waals surface area contributed by atoms with E-state index in [0.717, 1.165) is 30.2 Å². The molecule has 0 unspecified atom stereocenters. The molecule has 0 bridgehead atoms. The van der Waals surface area contributed by atoms with Crippen molar-refractivity contribution in [3.05, 3.63) is 33.8 Å². The second kappa shape index (κ2) is 4.97. The van der Waals surface area contributed by atoms with Gasteiger partial charge in [-0.25, -0.2) is 0 Å². The number of aliphatic hydroxyl groups excluding tert-OH is 1. The average Bonchev–Trinajstić information content (AvgIpc) is 3.00. The Bertz CT molecular complexity index is 578. The molecule has 1 heterocycles. The number of fused-ring (bicyclic) bond motifs is 1. The smallest absolute Gasteiger partial charge is 0.261 e. The lowest BCUT2D eigenvalue weighted by Gasteiger charge is -2.30. The topological polar surface area (TPSA) is 57.6 Å². The minimum atomic E-state index is -0.301. The van der Waals surface area contributed by atoms with Gasteiger partial charge in [0, 0.05) is 16.4 Å². The van der Waals surface area contributed by atoms with Crippen LogP contribution in [0.3, 0.4) is 0 Å². The molecule has 1 aliphatic heterocycles. The van der Waals surface area contributed by atoms with Gasteiger partial charge in [0.15, 0.2) is 0 Å². The fourth-order valence-corrected chi connectivity index (χ4v) is 3.59. The van der Waals surface area contributed by atoms with Gasteiger partial charge < -0.3 is 5.11 Å². The molecule has 106 valence electrons. The number of imide groups is 1. The lowest BCUT2D eigenvalue weighted by molar-refractivity contribution is 0.0475. The molecule has 4 nitrogen and oxygen atoms in total. The first-order valence-electron chi connectivity index (χ1n) is 6.83. The Labute approximate surface area is 125 Å². The van der Waals surface area contributed by atoms with Crippen LogP contribution in [0.2, 0.25) is 0 Å². The zero-order chi connectivity index (χ0) is 14.3. The van der Waals surface area contributed by atoms with E-state index >= 15 is 0 Å². The summed E-state index contributed by atoms with van der Waals surface area (Å²) < 4.78 is 0.789. The zero-order valence-electron chi connectivity index (χ0n) is 11.1. The van der Waals surface area contributed by atoms with Gasteiger partial charge in [0.1, 0.15) is 0 Å². The van der Waals surface area contributed by atoms with Crippen LogP contribution in [0.4, 0.5) is 0 Å². The molecule has 1 aromatic rings. The van der Waals surface area contributed by atoms with E-state index in [9.17, 15) is 14.7 Å². The summed E-state index contributed by atoms with van der Waals surface area (Å²) in [5, 5.41) is 9.65. The Morgan fingerprint density at radius 3 is 2.45 bits per heavy atom. The van der Waals surface area contributed by atoms with Crippen molar-refractivity contribution >= 4 is 27.7 Å². The molecule has 1 saturated carbocycles. The van der Waals surface area contributed by atoms with Crippen LogP contribution in [0.15, 0.2) is 22.7 Å². The summed E-state index contributed by atoms with van der Waals surface area (Å²) in [5.41, 5.74) is 0.615. The third-order valence-electron chi connectivity index (χ3n) is 4.43. The molecule has 1 aromatic carbocycles. The van der Waals surface area contributed by atoms with Crippen LogP contribution < -0.4 is 0 Å². The van der Waals surface area contributed by atoms with Crippen molar-refractivity contribution in [1.82, 2.24) is 4.90 Å². The molecule has 0 spiro atoms. The Balaban J connectivity index is 1.90. The summed E-state index contributed by atoms with van der Waals surface area (Å²) in [6, 6.07) is 5.14. The number of nitrogens with zero attached hydrogens (tertiary/aromatic N) is 1. The highest BCUT2D eigenvalue weighted by Gasteiger charge is 2.42. The summed E-state index contributed by atoms with van der Waals surface area (Å²) in [5.74, 6) is -0.483. The van der Waals surface area contributed by atoms with Crippen LogP contribution in [0.1, 0.15) is 46.4 Å². The van der Waals surface area contributed by atoms with Gasteiger partial charge in [0.25, 0.3) is 11.8 Å². The Kier molecular flexibility index (Phi) is 3.42. The standard InChI is InChI=1S/C15H16BrNO3/c16-10-3-4-11-12(7-10)14(20)17(13(11)19)8-15(9-18)5-1-2-6-15/h3-4,7,18H,1-2,5-6,8-9H2. The summed E-state index contributed by atoms with van der Waals surface area (Å²) in [7, 11) is 0. The van der Waals surface area contributed by atoms with E-state index < -0.39 is 0 Å². The molecule has 3 rings (SSSR count). The van der Waals surface area contributed by atoms with Crippen molar-refractivity contribution in [2.24, 2.45) is 5.41 Å². The Hall–Kier alpha value is -1.20. The first-order valence-corrected chi connectivity index (χ1v) is 7.62. The van der Waals surface area contributed by atoms with Crippen LogP contribution in [-0.2, 0) is 0 Å². The summed E-state index contributed by atoms with van der Waals surface area (Å²) in [6.07, 6.45) is 3.85. The lowest BCUT2D eigenvalue weighted by atomic mass is 9.86. The molecule has 2 aliphatic rings. The number of aliphatic hydroxyl groups is 1. The van der Waals surface area contributed by atoms with Gasteiger partial charge in [-0.1, -0.05) is 28.8 Å². The van der Waals surface area contributed by atoms with Gasteiger partial charge in [-0.2, -0.15) is 0 Å². The second-order valence-corrected chi connectivity index (χ2v) is 6.67. The van der Waals surface area contributed by atoms with Gasteiger partial charge in [-0.15, -0.1) is 0 Å². The SMILES string of the molecule is O=C1c2ccc(Br)cc2C(=O)N1CC1(CO)CCCC1. The largest absolute Gasteiger partial charge is 0.396 e. The zero-order valence-corrected chi connectivity index (χ0v) is 12.6. The van der Waals surface area contributed by atoms with E-state index in [1.54, 1.807) is 18.2 Å². The lowest BCUT2D eigenvalue weighted by Crippen LogP contribution is -2.41. The van der Waals surface area contributed by atoms with Crippen molar-refractivity contribution in [3.8, 4) is 0 Å². The maximum Gasteiger partial charge on any atom is 0.261 e. The number of rotatable bonds is 3. The molecule has 0 saturated heterocycles. The van der Waals surface area contributed by atoms with Crippen molar-refractivity contribution in [2.45, 2.75) is 25.7 Å². The monoisotopic (exact) mass is 337 g/mol. The van der Waals surface area contributed by atoms with Crippen LogP contribution in [0, 0.1) is 5.41 Å². The van der Waals surface area contributed by atoms with E-state index in [0.29, 0.717) is 17.7 Å². The molecule has 0 atom stereocenters. The minimum absolute atomic E-state index is 0.0318. The number of hydrogen-bond donors (Lipinski definition) is 1. The normalized spacial score (nSPS) is 20.6. The number of carbonyl (C=O) groups is 2. The maximum atomic E-state index is 12.4. The van der Waals surface area contributed by atoms with Crippen LogP contribution in [0.5, 0.6) is 0 Å². The van der Waals surface area contributed by atoms with Gasteiger partial charge in [-0.05, 0) is 31.0 Å². The van der Waals surface area contributed by atoms with Crippen LogP contribution >= 0.6 is 15.9 Å². The predicted octanol–water partition coefficient (Wildman–Crippen LogP) is 2.60. The highest BCUT2D eigenvalue weighted by atomic mass is 79.9. The average molecular weight is 338 g/mol. The first kappa shape index (κ1) is 13.8. The van der Waals surface area contributed by atoms with E-state index in [1.807, 2.05) is 0 Å². The van der Waals surface area contributed by atoms with Gasteiger partial charge >= 0.3 is 0 Å². The molecular formula is C15H16BrNO3. The van der Waals surface area contributed by atoms with E-state index in [-0.39, 0.29) is 23.8 Å². The number of hydrogen-bond acceptors (Lipinski definition) is 3. The molecule has 5 heteroatoms. The third kappa shape index (κ3) is 2.09. The van der Waals surface area contributed by atoms with Crippen molar-refractivity contribution < 1.29 is 14.7 Å². The Morgan fingerprint density at radius 1 is 1.15 bits per heavy atom. The van der Waals surface area contributed by atoms with E-state index in [2.05, 4.69) is 15.9 Å². The van der Waals surface area contributed by atoms with E-state index in [1.165, 1.54) is 4.90 Å². The fourth-order valence-electron chi connectivity index (χ4n) is 3.23.